The van der Waals surface area contributed by atoms with E-state index < -0.39 is 0 Å². The van der Waals surface area contributed by atoms with Crippen molar-refractivity contribution in [1.82, 2.24) is 15.2 Å². The second-order valence-electron chi connectivity index (χ2n) is 5.52. The van der Waals surface area contributed by atoms with Gasteiger partial charge in [-0.05, 0) is 48.7 Å². The van der Waals surface area contributed by atoms with Crippen LogP contribution in [0.3, 0.4) is 0 Å². The van der Waals surface area contributed by atoms with Gasteiger partial charge in [-0.1, -0.05) is 29.8 Å². The van der Waals surface area contributed by atoms with Crippen LogP contribution in [0.2, 0.25) is 5.02 Å². The van der Waals surface area contributed by atoms with Crippen molar-refractivity contribution in [1.29, 1.82) is 0 Å². The minimum atomic E-state index is -0.203. The van der Waals surface area contributed by atoms with Crippen LogP contribution in [0.25, 0.3) is 0 Å². The second-order valence-corrected chi connectivity index (χ2v) is 5.95. The number of nitrogens with one attached hydrogen (secondary N) is 2. The zero-order chi connectivity index (χ0) is 17.6. The van der Waals surface area contributed by atoms with Crippen LogP contribution < -0.4 is 10.6 Å². The topological polar surface area (TPSA) is 62.7 Å². The number of hydrogen-bond donors (Lipinski definition) is 2. The Morgan fingerprint density at radius 3 is 2.80 bits per heavy atom. The molecule has 0 unspecified atom stereocenters. The molecule has 3 aromatic rings. The Kier molecular flexibility index (Phi) is 5.40. The maximum Gasteiger partial charge on any atom is 0.249 e. The average molecular weight is 358 g/mol. The fraction of sp³-hybridized carbons (Fsp3) is 0.167. The first kappa shape index (κ1) is 17.1. The van der Waals surface area contributed by atoms with Gasteiger partial charge in [0.2, 0.25) is 5.95 Å². The van der Waals surface area contributed by atoms with E-state index in [-0.39, 0.29) is 5.82 Å². The van der Waals surface area contributed by atoms with Gasteiger partial charge in [0.1, 0.15) is 5.82 Å². The Balaban J connectivity index is 1.62. The SMILES string of the molecule is Cc1cc(Cl)ccc1Nc1nncc(NCCc2ccccc2F)n1. The lowest BCUT2D eigenvalue weighted by Crippen LogP contribution is -2.09. The van der Waals surface area contributed by atoms with Crippen LogP contribution in [0.1, 0.15) is 11.1 Å². The van der Waals surface area contributed by atoms with Crippen molar-refractivity contribution >= 4 is 29.1 Å². The summed E-state index contributed by atoms with van der Waals surface area (Å²) >= 11 is 5.96. The molecule has 7 heteroatoms. The molecule has 1 heterocycles. The number of benzene rings is 2. The molecule has 2 N–H and O–H groups in total. The van der Waals surface area contributed by atoms with Crippen LogP contribution in [0.15, 0.2) is 48.7 Å². The third kappa shape index (κ3) is 4.64. The van der Waals surface area contributed by atoms with Crippen LogP contribution in [0, 0.1) is 12.7 Å². The number of hydrogen-bond acceptors (Lipinski definition) is 5. The summed E-state index contributed by atoms with van der Waals surface area (Å²) in [5, 5.41) is 14.8. The van der Waals surface area contributed by atoms with E-state index in [1.807, 2.05) is 25.1 Å². The summed E-state index contributed by atoms with van der Waals surface area (Å²) in [5.74, 6) is 0.743. The molecule has 1 aromatic heterocycles. The highest BCUT2D eigenvalue weighted by molar-refractivity contribution is 6.30. The molecule has 0 aliphatic heterocycles. The maximum absolute atomic E-state index is 13.6. The number of nitrogens with zero attached hydrogens (tertiary/aromatic N) is 3. The molecule has 3 rings (SSSR count). The zero-order valence-electron chi connectivity index (χ0n) is 13.6. The number of aromatic nitrogens is 3. The normalized spacial score (nSPS) is 10.5. The number of halogens is 2. The van der Waals surface area contributed by atoms with Crippen molar-refractivity contribution in [3.63, 3.8) is 0 Å². The molecular formula is C18H17ClFN5. The third-order valence-corrected chi connectivity index (χ3v) is 3.89. The molecule has 0 atom stereocenters. The predicted molar refractivity (Wildman–Crippen MR) is 97.9 cm³/mol. The molecule has 5 nitrogen and oxygen atoms in total. The largest absolute Gasteiger partial charge is 0.368 e. The second kappa shape index (κ2) is 7.90. The summed E-state index contributed by atoms with van der Waals surface area (Å²) < 4.78 is 13.6. The molecule has 0 radical (unpaired) electrons. The Morgan fingerprint density at radius 1 is 1.16 bits per heavy atom. The molecule has 2 aromatic carbocycles. The Labute approximate surface area is 150 Å². The van der Waals surface area contributed by atoms with Crippen molar-refractivity contribution in [2.24, 2.45) is 0 Å². The van der Waals surface area contributed by atoms with E-state index in [4.69, 9.17) is 11.6 Å². The number of aryl methyl sites for hydroxylation is 1. The standard InChI is InChI=1S/C18H17ClFN5/c1-12-10-14(19)6-7-16(12)23-18-24-17(11-22-25-18)21-9-8-13-4-2-3-5-15(13)20/h2-7,10-11H,8-9H2,1H3,(H2,21,23,24,25). The van der Waals surface area contributed by atoms with Crippen molar-refractivity contribution in [3.05, 3.63) is 70.6 Å². The molecular weight excluding hydrogens is 341 g/mol. The van der Waals surface area contributed by atoms with Crippen molar-refractivity contribution in [2.75, 3.05) is 17.2 Å². The summed E-state index contributed by atoms with van der Waals surface area (Å²) in [6.07, 6.45) is 2.08. The van der Waals surface area contributed by atoms with Gasteiger partial charge in [0.05, 0.1) is 6.20 Å². The quantitative estimate of drug-likeness (QED) is 0.685. The average Bonchev–Trinajstić information content (AvgIpc) is 2.60. The summed E-state index contributed by atoms with van der Waals surface area (Å²) in [4.78, 5) is 4.36. The minimum Gasteiger partial charge on any atom is -0.368 e. The van der Waals surface area contributed by atoms with Gasteiger partial charge in [0.25, 0.3) is 0 Å². The van der Waals surface area contributed by atoms with Crippen molar-refractivity contribution in [2.45, 2.75) is 13.3 Å². The van der Waals surface area contributed by atoms with E-state index in [1.165, 1.54) is 12.3 Å². The van der Waals surface area contributed by atoms with Gasteiger partial charge in [-0.2, -0.15) is 10.1 Å². The van der Waals surface area contributed by atoms with Gasteiger partial charge >= 0.3 is 0 Å². The van der Waals surface area contributed by atoms with Gasteiger partial charge in [-0.3, -0.25) is 0 Å². The lowest BCUT2D eigenvalue weighted by Gasteiger charge is -2.10. The van der Waals surface area contributed by atoms with Gasteiger partial charge in [-0.25, -0.2) is 4.39 Å². The van der Waals surface area contributed by atoms with E-state index in [0.29, 0.717) is 35.3 Å². The van der Waals surface area contributed by atoms with E-state index >= 15 is 0 Å². The van der Waals surface area contributed by atoms with E-state index in [2.05, 4.69) is 25.8 Å². The summed E-state index contributed by atoms with van der Waals surface area (Å²) in [6.45, 7) is 2.48. The molecule has 128 valence electrons. The first-order valence-corrected chi connectivity index (χ1v) is 8.20. The monoisotopic (exact) mass is 357 g/mol. The Bertz CT molecular complexity index is 872. The molecule has 0 spiro atoms. The van der Waals surface area contributed by atoms with E-state index in [9.17, 15) is 4.39 Å². The van der Waals surface area contributed by atoms with E-state index in [1.54, 1.807) is 18.2 Å². The first-order valence-electron chi connectivity index (χ1n) is 7.82. The first-order chi connectivity index (χ1) is 12.1. The zero-order valence-corrected chi connectivity index (χ0v) is 14.4. The highest BCUT2D eigenvalue weighted by Crippen LogP contribution is 2.22. The highest BCUT2D eigenvalue weighted by atomic mass is 35.5. The Morgan fingerprint density at radius 2 is 2.00 bits per heavy atom. The van der Waals surface area contributed by atoms with Crippen LogP contribution >= 0.6 is 11.6 Å². The van der Waals surface area contributed by atoms with Crippen LogP contribution in [-0.4, -0.2) is 21.7 Å². The highest BCUT2D eigenvalue weighted by Gasteiger charge is 2.05. The van der Waals surface area contributed by atoms with Crippen LogP contribution in [0.5, 0.6) is 0 Å². The molecule has 0 saturated carbocycles. The van der Waals surface area contributed by atoms with Gasteiger partial charge in [0.15, 0.2) is 5.82 Å². The number of rotatable bonds is 6. The molecule has 0 saturated heterocycles. The minimum absolute atomic E-state index is 0.203. The maximum atomic E-state index is 13.6. The Hall–Kier alpha value is -2.73. The summed E-state index contributed by atoms with van der Waals surface area (Å²) in [6, 6.07) is 12.2. The van der Waals surface area contributed by atoms with Gasteiger partial charge < -0.3 is 10.6 Å². The van der Waals surface area contributed by atoms with Gasteiger partial charge in [0, 0.05) is 17.3 Å². The molecule has 0 aliphatic carbocycles. The molecule has 25 heavy (non-hydrogen) atoms. The smallest absolute Gasteiger partial charge is 0.249 e. The number of anilines is 3. The lowest BCUT2D eigenvalue weighted by molar-refractivity contribution is 0.610. The fourth-order valence-electron chi connectivity index (χ4n) is 2.36. The van der Waals surface area contributed by atoms with Gasteiger partial charge in [-0.15, -0.1) is 5.10 Å². The van der Waals surface area contributed by atoms with Crippen LogP contribution in [-0.2, 0) is 6.42 Å². The lowest BCUT2D eigenvalue weighted by atomic mass is 10.1. The summed E-state index contributed by atoms with van der Waals surface area (Å²) in [7, 11) is 0. The van der Waals surface area contributed by atoms with Crippen molar-refractivity contribution < 1.29 is 4.39 Å². The van der Waals surface area contributed by atoms with E-state index in [0.717, 1.165) is 11.3 Å². The molecule has 0 aliphatic rings. The fourth-order valence-corrected chi connectivity index (χ4v) is 2.58. The van der Waals surface area contributed by atoms with Crippen molar-refractivity contribution in [3.8, 4) is 0 Å². The molecule has 0 fully saturated rings. The summed E-state index contributed by atoms with van der Waals surface area (Å²) in [5.41, 5.74) is 2.50. The third-order valence-electron chi connectivity index (χ3n) is 3.65. The van der Waals surface area contributed by atoms with Crippen LogP contribution in [0.4, 0.5) is 21.8 Å². The molecule has 0 amide bonds. The molecule has 0 bridgehead atoms. The predicted octanol–water partition coefficient (Wildman–Crippen LogP) is 4.37.